The van der Waals surface area contributed by atoms with Gasteiger partial charge in [-0.05, 0) is 18.8 Å². The Morgan fingerprint density at radius 2 is 1.77 bits per heavy atom. The van der Waals surface area contributed by atoms with Crippen LogP contribution in [-0.2, 0) is 32.0 Å². The summed E-state index contributed by atoms with van der Waals surface area (Å²) in [7, 11) is 0. The number of halogens is 1. The fourth-order valence-electron chi connectivity index (χ4n) is 5.52. The van der Waals surface area contributed by atoms with Crippen molar-refractivity contribution in [1.29, 1.82) is 0 Å². The monoisotopic (exact) mass is 695 g/mol. The van der Waals surface area contributed by atoms with Crippen LogP contribution in [0, 0.1) is 5.92 Å². The fourth-order valence-corrected chi connectivity index (χ4v) is 8.59. The Balaban J connectivity index is 1.25. The number of nitrogen functional groups attached to an aromatic ring is 1. The first-order valence-electron chi connectivity index (χ1n) is 13.3. The number of fused-ring (bicyclic) bond motifs is 4. The first-order chi connectivity index (χ1) is 20.9. The Kier molecular flexibility index (Phi) is 9.06. The number of aliphatic hydroxyl groups excluding tert-OH is 1. The molecule has 2 unspecified atom stereocenters. The topological polar surface area (TPSA) is 241 Å². The van der Waals surface area contributed by atoms with E-state index in [0.717, 1.165) is 0 Å². The second kappa shape index (κ2) is 12.5. The number of imidazole rings is 1. The molecule has 18 nitrogen and oxygen atoms in total. The summed E-state index contributed by atoms with van der Waals surface area (Å²) >= 11 is 8.15. The Hall–Kier alpha value is -2.19. The molecule has 3 aliphatic rings. The van der Waals surface area contributed by atoms with Gasteiger partial charge in [-0.25, -0.2) is 33.5 Å². The molecule has 44 heavy (non-hydrogen) atoms. The lowest BCUT2D eigenvalue weighted by Gasteiger charge is -2.26. The zero-order chi connectivity index (χ0) is 31.2. The molecule has 0 spiro atoms. The molecule has 1 saturated carbocycles. The number of nitrogens with one attached hydrogen (secondary N) is 2. The summed E-state index contributed by atoms with van der Waals surface area (Å²) in [6, 6.07) is -0.835. The lowest BCUT2D eigenvalue weighted by Crippen LogP contribution is -2.34. The van der Waals surface area contributed by atoms with Crippen molar-refractivity contribution < 1.29 is 41.5 Å². The second-order valence-corrected chi connectivity index (χ2v) is 16.1. The predicted molar refractivity (Wildman–Crippen MR) is 157 cm³/mol. The first-order valence-corrected chi connectivity index (χ1v) is 18.7. The highest BCUT2D eigenvalue weighted by Gasteiger charge is 2.51. The number of hydrogen-bond acceptors (Lipinski definition) is 16. The van der Waals surface area contributed by atoms with Crippen LogP contribution in [0.5, 0.6) is 0 Å². The molecule has 3 aromatic rings. The summed E-state index contributed by atoms with van der Waals surface area (Å²) in [5.41, 5.74) is 5.05. The molecule has 2 aliphatic heterocycles. The van der Waals surface area contributed by atoms with Crippen molar-refractivity contribution in [3.63, 3.8) is 0 Å². The van der Waals surface area contributed by atoms with Gasteiger partial charge in [-0.1, -0.05) is 24.5 Å². The van der Waals surface area contributed by atoms with Crippen LogP contribution < -0.4 is 16.6 Å². The van der Waals surface area contributed by atoms with E-state index in [1.807, 2.05) is 0 Å². The average molecular weight is 696 g/mol. The Morgan fingerprint density at radius 3 is 2.50 bits per heavy atom. The van der Waals surface area contributed by atoms with Gasteiger partial charge in [0.2, 0.25) is 11.9 Å². The quantitative estimate of drug-likeness (QED) is 0.169. The highest BCUT2D eigenvalue weighted by atomic mass is 32.7. The third kappa shape index (κ3) is 6.67. The maximum absolute atomic E-state index is 15.7. The molecular formula is C21H28FN9O9P2S2. The molecule has 0 radical (unpaired) electrons. The van der Waals surface area contributed by atoms with Crippen LogP contribution >= 0.6 is 38.1 Å². The van der Waals surface area contributed by atoms with Gasteiger partial charge in [0.15, 0.2) is 17.4 Å². The van der Waals surface area contributed by atoms with Gasteiger partial charge in [0.1, 0.15) is 37.1 Å². The van der Waals surface area contributed by atoms with Gasteiger partial charge in [-0.15, -0.1) is 0 Å². The third-order valence-corrected chi connectivity index (χ3v) is 10.8. The van der Waals surface area contributed by atoms with E-state index < -0.39 is 67.9 Å². The van der Waals surface area contributed by atoms with Gasteiger partial charge in [0, 0.05) is 6.42 Å². The number of ether oxygens (including phenoxy) is 1. The molecule has 2 bridgehead atoms. The number of H-pyrrole nitrogens is 1. The minimum Gasteiger partial charge on any atom is -0.387 e. The van der Waals surface area contributed by atoms with Crippen LogP contribution in [0.2, 0.25) is 0 Å². The molecule has 240 valence electrons. The van der Waals surface area contributed by atoms with Crippen LogP contribution in [0.3, 0.4) is 0 Å². The summed E-state index contributed by atoms with van der Waals surface area (Å²) in [6.07, 6.45) is -4.10. The van der Waals surface area contributed by atoms with Crippen molar-refractivity contribution in [2.45, 2.75) is 62.1 Å². The Bertz CT molecular complexity index is 1660. The molecule has 10 atom stereocenters. The molecule has 23 heteroatoms. The van der Waals surface area contributed by atoms with Crippen LogP contribution in [0.25, 0.3) is 11.2 Å². The molecule has 6 rings (SSSR count). The van der Waals surface area contributed by atoms with E-state index in [4.69, 9.17) is 28.6 Å². The SMILES string of the molecule is Nc1nc2c(ncn2[C@@H]2O[C@@H]3CCOP(=O)(S)O[C@@H]4[C@@H](CCOP(=O)(S)O[C@@H]2[C@@H]3O)C[C@@H](Nc2ncncn2)[C@@H]4F)c(=O)[nH]1. The van der Waals surface area contributed by atoms with E-state index in [1.54, 1.807) is 0 Å². The summed E-state index contributed by atoms with van der Waals surface area (Å²) in [5.74, 6) is -0.656. The smallest absolute Gasteiger partial charge is 0.386 e. The van der Waals surface area contributed by atoms with Crippen LogP contribution in [0.15, 0.2) is 23.8 Å². The lowest BCUT2D eigenvalue weighted by atomic mass is 10.0. The summed E-state index contributed by atoms with van der Waals surface area (Å²) in [6.45, 7) is -8.87. The van der Waals surface area contributed by atoms with Crippen molar-refractivity contribution in [2.24, 2.45) is 5.92 Å². The molecule has 3 fully saturated rings. The van der Waals surface area contributed by atoms with Gasteiger partial charge < -0.3 is 29.9 Å². The van der Waals surface area contributed by atoms with Crippen molar-refractivity contribution in [1.82, 2.24) is 34.5 Å². The molecule has 5 heterocycles. The maximum Gasteiger partial charge on any atom is 0.386 e. The molecule has 0 aromatic carbocycles. The maximum atomic E-state index is 15.7. The van der Waals surface area contributed by atoms with Crippen molar-refractivity contribution in [2.75, 3.05) is 24.3 Å². The number of aliphatic hydroxyl groups is 1. The van der Waals surface area contributed by atoms with Gasteiger partial charge in [0.25, 0.3) is 5.56 Å². The van der Waals surface area contributed by atoms with Gasteiger partial charge in [-0.3, -0.25) is 23.4 Å². The predicted octanol–water partition coefficient (Wildman–Crippen LogP) is 1.66. The molecule has 2 saturated heterocycles. The zero-order valence-corrected chi connectivity index (χ0v) is 26.1. The van der Waals surface area contributed by atoms with Crippen molar-refractivity contribution in [3.05, 3.63) is 29.3 Å². The minimum atomic E-state index is -4.19. The van der Waals surface area contributed by atoms with Crippen molar-refractivity contribution >= 4 is 61.2 Å². The van der Waals surface area contributed by atoms with E-state index in [2.05, 4.69) is 59.7 Å². The highest BCUT2D eigenvalue weighted by Crippen LogP contribution is 2.59. The third-order valence-electron chi connectivity index (χ3n) is 7.47. The van der Waals surface area contributed by atoms with Crippen LogP contribution in [0.4, 0.5) is 16.3 Å². The normalized spacial score (nSPS) is 38.5. The van der Waals surface area contributed by atoms with E-state index in [9.17, 15) is 19.0 Å². The van der Waals surface area contributed by atoms with E-state index in [1.165, 1.54) is 23.5 Å². The number of hydrogen-bond donors (Lipinski definition) is 6. The number of rotatable bonds is 3. The fraction of sp³-hybridized carbons (Fsp3) is 0.619. The van der Waals surface area contributed by atoms with Crippen LogP contribution in [0.1, 0.15) is 25.5 Å². The van der Waals surface area contributed by atoms with E-state index in [-0.39, 0.29) is 55.5 Å². The summed E-state index contributed by atoms with van der Waals surface area (Å²) in [5, 5.41) is 14.0. The zero-order valence-electron chi connectivity index (χ0n) is 22.5. The number of nitrogens with zero attached hydrogens (tertiary/aromatic N) is 6. The lowest BCUT2D eigenvalue weighted by molar-refractivity contribution is -0.0379. The number of anilines is 2. The van der Waals surface area contributed by atoms with Gasteiger partial charge in [0.05, 0.1) is 31.7 Å². The van der Waals surface area contributed by atoms with Gasteiger partial charge >= 0.3 is 13.6 Å². The van der Waals surface area contributed by atoms with E-state index >= 15 is 4.39 Å². The first kappa shape index (κ1) is 31.8. The van der Waals surface area contributed by atoms with Crippen LogP contribution in [-0.4, -0.2) is 89.4 Å². The van der Waals surface area contributed by atoms with Gasteiger partial charge in [-0.2, -0.15) is 4.98 Å². The van der Waals surface area contributed by atoms with Crippen molar-refractivity contribution in [3.8, 4) is 0 Å². The minimum absolute atomic E-state index is 0.0138. The number of aromatic nitrogens is 7. The Labute approximate surface area is 258 Å². The summed E-state index contributed by atoms with van der Waals surface area (Å²) in [4.78, 5) is 34.4. The largest absolute Gasteiger partial charge is 0.387 e. The van der Waals surface area contributed by atoms with E-state index in [0.29, 0.717) is 0 Å². The highest BCUT2D eigenvalue weighted by molar-refractivity contribution is 8.44. The summed E-state index contributed by atoms with van der Waals surface area (Å²) < 4.78 is 71.8. The number of thiol groups is 2. The molecule has 1 aliphatic carbocycles. The molecule has 0 amide bonds. The second-order valence-electron chi connectivity index (χ2n) is 10.3. The number of aromatic amines is 1. The average Bonchev–Trinajstić information content (AvgIpc) is 3.59. The standard InChI is InChI=1S/C21H28FN9O9P2S2/c22-12-10(28-21-25-6-24-7-26-21)5-9-1-3-36-42(35,44)40-16-14(32)11(2-4-37-41(34,43)39-15(9)12)38-19(16)31-8-27-13-17(31)29-20(23)30-18(13)33/h6-12,14-16,19,32H,1-5H2,(H,34,43)(H,35,44)(H3,23,29,30,33)(H,24,25,26,28)/t9-,10+,11+,12-,14+,15+,16+,19+,41?,42?/m0/s1. The molecular weight excluding hydrogens is 667 g/mol. The number of alkyl halides is 1. The number of nitrogens with two attached hydrogens (primary N) is 1. The molecule has 5 N–H and O–H groups in total. The Morgan fingerprint density at radius 1 is 1.09 bits per heavy atom. The molecule has 3 aromatic heterocycles.